The predicted octanol–water partition coefficient (Wildman–Crippen LogP) is 3.32. The van der Waals surface area contributed by atoms with Crippen molar-refractivity contribution in [3.8, 4) is 11.5 Å². The van der Waals surface area contributed by atoms with Crippen molar-refractivity contribution < 1.29 is 9.66 Å². The Balaban J connectivity index is 1.73. The summed E-state index contributed by atoms with van der Waals surface area (Å²) in [5, 5.41) is 13.6. The molecule has 0 amide bonds. The SMILES string of the molecule is O=[N+]([O-])c1ccc(Oc2ccnc(Nc3ccccn3)c2)cn1. The molecule has 23 heavy (non-hydrogen) atoms. The van der Waals surface area contributed by atoms with E-state index < -0.39 is 4.92 Å². The molecule has 3 rings (SSSR count). The zero-order valence-electron chi connectivity index (χ0n) is 11.8. The molecule has 0 saturated carbocycles. The number of nitro groups is 1. The first-order valence-corrected chi connectivity index (χ1v) is 6.63. The van der Waals surface area contributed by atoms with Gasteiger partial charge in [0.05, 0.1) is 0 Å². The largest absolute Gasteiger partial charge is 0.453 e. The number of aromatic nitrogens is 3. The average Bonchev–Trinajstić information content (AvgIpc) is 2.57. The summed E-state index contributed by atoms with van der Waals surface area (Å²) in [6.45, 7) is 0. The monoisotopic (exact) mass is 309 g/mol. The molecular weight excluding hydrogens is 298 g/mol. The van der Waals surface area contributed by atoms with Gasteiger partial charge < -0.3 is 20.2 Å². The first kappa shape index (κ1) is 14.4. The third kappa shape index (κ3) is 3.76. The van der Waals surface area contributed by atoms with Gasteiger partial charge >= 0.3 is 5.82 Å². The van der Waals surface area contributed by atoms with E-state index in [9.17, 15) is 10.1 Å². The molecule has 3 heterocycles. The molecule has 114 valence electrons. The van der Waals surface area contributed by atoms with Gasteiger partial charge in [0.15, 0.2) is 11.9 Å². The van der Waals surface area contributed by atoms with E-state index in [-0.39, 0.29) is 5.82 Å². The minimum Gasteiger partial charge on any atom is -0.453 e. The zero-order valence-corrected chi connectivity index (χ0v) is 11.8. The summed E-state index contributed by atoms with van der Waals surface area (Å²) in [4.78, 5) is 22.0. The van der Waals surface area contributed by atoms with Crippen molar-refractivity contribution >= 4 is 17.5 Å². The summed E-state index contributed by atoms with van der Waals surface area (Å²) in [6.07, 6.45) is 4.55. The molecule has 3 aromatic rings. The Hall–Kier alpha value is -3.55. The van der Waals surface area contributed by atoms with Crippen LogP contribution in [0.1, 0.15) is 0 Å². The van der Waals surface area contributed by atoms with Gasteiger partial charge in [-0.05, 0) is 34.2 Å². The number of nitrogens with one attached hydrogen (secondary N) is 1. The van der Waals surface area contributed by atoms with Gasteiger partial charge in [-0.2, -0.15) is 0 Å². The first-order chi connectivity index (χ1) is 11.2. The van der Waals surface area contributed by atoms with E-state index in [2.05, 4.69) is 20.3 Å². The maximum Gasteiger partial charge on any atom is 0.363 e. The lowest BCUT2D eigenvalue weighted by Gasteiger charge is -2.07. The number of pyridine rings is 3. The molecular formula is C15H11N5O3. The van der Waals surface area contributed by atoms with Crippen LogP contribution in [0.3, 0.4) is 0 Å². The van der Waals surface area contributed by atoms with E-state index in [0.29, 0.717) is 23.1 Å². The molecule has 8 nitrogen and oxygen atoms in total. The summed E-state index contributed by atoms with van der Waals surface area (Å²) in [6, 6.07) is 11.6. The van der Waals surface area contributed by atoms with Gasteiger partial charge in [-0.1, -0.05) is 6.07 Å². The van der Waals surface area contributed by atoms with Gasteiger partial charge in [-0.15, -0.1) is 0 Å². The third-order valence-electron chi connectivity index (χ3n) is 2.80. The van der Waals surface area contributed by atoms with Crippen LogP contribution in [0.2, 0.25) is 0 Å². The Morgan fingerprint density at radius 1 is 0.957 bits per heavy atom. The molecule has 0 aliphatic rings. The van der Waals surface area contributed by atoms with Crippen molar-refractivity contribution in [2.45, 2.75) is 0 Å². The Kier molecular flexibility index (Phi) is 4.05. The van der Waals surface area contributed by atoms with Crippen LogP contribution in [0.15, 0.2) is 61.1 Å². The van der Waals surface area contributed by atoms with Crippen LogP contribution in [0.4, 0.5) is 17.5 Å². The van der Waals surface area contributed by atoms with Crippen LogP contribution in [0, 0.1) is 10.1 Å². The number of rotatable bonds is 5. The van der Waals surface area contributed by atoms with Crippen molar-refractivity contribution in [3.63, 3.8) is 0 Å². The number of ether oxygens (including phenoxy) is 1. The third-order valence-corrected chi connectivity index (χ3v) is 2.80. The molecule has 0 saturated heterocycles. The van der Waals surface area contributed by atoms with E-state index in [1.165, 1.54) is 18.3 Å². The molecule has 0 fully saturated rings. The normalized spacial score (nSPS) is 10.1. The molecule has 0 aliphatic heterocycles. The number of anilines is 2. The van der Waals surface area contributed by atoms with Gasteiger partial charge in [-0.25, -0.2) is 9.97 Å². The molecule has 0 spiro atoms. The van der Waals surface area contributed by atoms with Crippen molar-refractivity contribution in [2.75, 3.05) is 5.32 Å². The van der Waals surface area contributed by atoms with Crippen LogP contribution >= 0.6 is 0 Å². The smallest absolute Gasteiger partial charge is 0.363 e. The first-order valence-electron chi connectivity index (χ1n) is 6.63. The fourth-order valence-electron chi connectivity index (χ4n) is 1.79. The van der Waals surface area contributed by atoms with Gasteiger partial charge in [-0.3, -0.25) is 0 Å². The molecule has 0 radical (unpaired) electrons. The van der Waals surface area contributed by atoms with Crippen LogP contribution < -0.4 is 10.1 Å². The quantitative estimate of drug-likeness (QED) is 0.569. The summed E-state index contributed by atoms with van der Waals surface area (Å²) in [7, 11) is 0. The van der Waals surface area contributed by atoms with E-state index in [1.807, 2.05) is 18.2 Å². The topological polar surface area (TPSA) is 103 Å². The van der Waals surface area contributed by atoms with E-state index in [0.717, 1.165) is 0 Å². The number of hydrogen-bond donors (Lipinski definition) is 1. The second-order valence-corrected chi connectivity index (χ2v) is 4.43. The van der Waals surface area contributed by atoms with Crippen molar-refractivity contribution in [1.82, 2.24) is 15.0 Å². The average molecular weight is 309 g/mol. The zero-order chi connectivity index (χ0) is 16.1. The predicted molar refractivity (Wildman–Crippen MR) is 82.7 cm³/mol. The van der Waals surface area contributed by atoms with Crippen LogP contribution in [-0.2, 0) is 0 Å². The summed E-state index contributed by atoms with van der Waals surface area (Å²) in [5.41, 5.74) is 0. The standard InChI is InChI=1S/C15H11N5O3/c21-20(22)15-5-4-12(10-18-15)23-11-6-8-17-14(9-11)19-13-3-1-2-7-16-13/h1-10H,(H,16,17,19). The molecule has 0 unspecified atom stereocenters. The number of hydrogen-bond acceptors (Lipinski definition) is 7. The van der Waals surface area contributed by atoms with Gasteiger partial charge in [0.1, 0.15) is 17.4 Å². The summed E-state index contributed by atoms with van der Waals surface area (Å²) < 4.78 is 5.61. The van der Waals surface area contributed by atoms with Crippen molar-refractivity contribution in [1.29, 1.82) is 0 Å². The fraction of sp³-hybridized carbons (Fsp3) is 0. The molecule has 8 heteroatoms. The molecule has 1 N–H and O–H groups in total. The van der Waals surface area contributed by atoms with Gasteiger partial charge in [0.2, 0.25) is 0 Å². The highest BCUT2D eigenvalue weighted by atomic mass is 16.6. The highest BCUT2D eigenvalue weighted by Gasteiger charge is 2.08. The van der Waals surface area contributed by atoms with Crippen LogP contribution in [0.25, 0.3) is 0 Å². The van der Waals surface area contributed by atoms with Crippen LogP contribution in [-0.4, -0.2) is 19.9 Å². The Morgan fingerprint density at radius 3 is 2.52 bits per heavy atom. The summed E-state index contributed by atoms with van der Waals surface area (Å²) in [5.74, 6) is 1.91. The minimum absolute atomic E-state index is 0.232. The minimum atomic E-state index is -0.564. The maximum atomic E-state index is 10.6. The second-order valence-electron chi connectivity index (χ2n) is 4.43. The fourth-order valence-corrected chi connectivity index (χ4v) is 1.79. The number of nitrogens with zero attached hydrogens (tertiary/aromatic N) is 4. The Labute approximate surface area is 131 Å². The van der Waals surface area contributed by atoms with E-state index >= 15 is 0 Å². The molecule has 0 aliphatic carbocycles. The molecule has 0 atom stereocenters. The van der Waals surface area contributed by atoms with Crippen molar-refractivity contribution in [3.05, 3.63) is 71.2 Å². The molecule has 0 aromatic carbocycles. The maximum absolute atomic E-state index is 10.6. The highest BCUT2D eigenvalue weighted by molar-refractivity contribution is 5.53. The summed E-state index contributed by atoms with van der Waals surface area (Å²) >= 11 is 0. The lowest BCUT2D eigenvalue weighted by atomic mass is 10.4. The lowest BCUT2D eigenvalue weighted by molar-refractivity contribution is -0.389. The Bertz CT molecular complexity index is 809. The van der Waals surface area contributed by atoms with Gasteiger partial charge in [0, 0.05) is 24.5 Å². The van der Waals surface area contributed by atoms with Gasteiger partial charge in [0.25, 0.3) is 0 Å². The molecule has 0 bridgehead atoms. The molecule has 3 aromatic heterocycles. The van der Waals surface area contributed by atoms with E-state index in [4.69, 9.17) is 4.74 Å². The highest BCUT2D eigenvalue weighted by Crippen LogP contribution is 2.24. The lowest BCUT2D eigenvalue weighted by Crippen LogP contribution is -1.96. The van der Waals surface area contributed by atoms with Crippen molar-refractivity contribution in [2.24, 2.45) is 0 Å². The Morgan fingerprint density at radius 2 is 1.83 bits per heavy atom. The van der Waals surface area contributed by atoms with Crippen LogP contribution in [0.5, 0.6) is 11.5 Å². The second kappa shape index (κ2) is 6.48. The van der Waals surface area contributed by atoms with E-state index in [1.54, 1.807) is 24.5 Å².